The molecule has 0 saturated carbocycles. The van der Waals surface area contributed by atoms with Gasteiger partial charge >= 0.3 is 5.97 Å². The first-order valence-corrected chi connectivity index (χ1v) is 6.04. The molecule has 1 amide bonds. The summed E-state index contributed by atoms with van der Waals surface area (Å²) in [6.45, 7) is 5.22. The van der Waals surface area contributed by atoms with Gasteiger partial charge in [-0.25, -0.2) is 0 Å². The van der Waals surface area contributed by atoms with Gasteiger partial charge in [0.05, 0.1) is 5.92 Å². The Balaban J connectivity index is 2.70. The number of rotatable bonds is 5. The summed E-state index contributed by atoms with van der Waals surface area (Å²) in [4.78, 5) is 36.8. The molecule has 1 unspecified atom stereocenters. The van der Waals surface area contributed by atoms with Crippen LogP contribution in [0.4, 0.5) is 0 Å². The Morgan fingerprint density at radius 2 is 2.05 bits per heavy atom. The number of aromatic nitrogens is 1. The zero-order valence-electron chi connectivity index (χ0n) is 11.2. The van der Waals surface area contributed by atoms with E-state index in [0.717, 1.165) is 0 Å². The Bertz CT molecular complexity index is 548. The molecule has 0 aromatic carbocycles. The van der Waals surface area contributed by atoms with Crippen LogP contribution >= 0.6 is 0 Å². The van der Waals surface area contributed by atoms with Crippen molar-refractivity contribution in [3.8, 4) is 0 Å². The molecule has 1 aromatic heterocycles. The summed E-state index contributed by atoms with van der Waals surface area (Å²) in [7, 11) is 0. The third-order valence-electron chi connectivity index (χ3n) is 2.88. The van der Waals surface area contributed by atoms with Gasteiger partial charge < -0.3 is 15.4 Å². The van der Waals surface area contributed by atoms with Crippen LogP contribution in [0.1, 0.15) is 35.0 Å². The predicted octanol–water partition coefficient (Wildman–Crippen LogP) is 0.832. The van der Waals surface area contributed by atoms with Gasteiger partial charge in [-0.1, -0.05) is 6.92 Å². The Morgan fingerprint density at radius 3 is 2.58 bits per heavy atom. The molecular weight excluding hydrogens is 248 g/mol. The molecule has 19 heavy (non-hydrogen) atoms. The number of carboxylic acid groups (broad SMARTS) is 1. The second-order valence-electron chi connectivity index (χ2n) is 4.62. The number of hydrogen-bond acceptors (Lipinski definition) is 3. The van der Waals surface area contributed by atoms with Crippen LogP contribution in [0.3, 0.4) is 0 Å². The standard InChI is InChI=1S/C13H18N2O4/c1-7(13(18)19)4-5-14-11(16)10-8(2)6-9(3)15-12(10)17/h6-7H,4-5H2,1-3H3,(H,14,16)(H,15,17)(H,18,19). The molecule has 1 heterocycles. The van der Waals surface area contributed by atoms with Crippen molar-refractivity contribution in [2.75, 3.05) is 6.54 Å². The Hall–Kier alpha value is -2.11. The zero-order valence-corrected chi connectivity index (χ0v) is 11.2. The molecule has 0 aliphatic carbocycles. The largest absolute Gasteiger partial charge is 0.481 e. The fraction of sp³-hybridized carbons (Fsp3) is 0.462. The highest BCUT2D eigenvalue weighted by atomic mass is 16.4. The highest BCUT2D eigenvalue weighted by Crippen LogP contribution is 2.04. The van der Waals surface area contributed by atoms with Crippen LogP contribution in [0.15, 0.2) is 10.9 Å². The van der Waals surface area contributed by atoms with E-state index in [0.29, 0.717) is 17.7 Å². The van der Waals surface area contributed by atoms with Gasteiger partial charge in [0.2, 0.25) is 0 Å². The van der Waals surface area contributed by atoms with Gasteiger partial charge in [-0.15, -0.1) is 0 Å². The average Bonchev–Trinajstić information content (AvgIpc) is 2.26. The Labute approximate surface area is 110 Å². The molecule has 1 aromatic rings. The van der Waals surface area contributed by atoms with E-state index in [4.69, 9.17) is 5.11 Å². The smallest absolute Gasteiger partial charge is 0.306 e. The first-order valence-electron chi connectivity index (χ1n) is 6.04. The molecule has 6 heteroatoms. The van der Waals surface area contributed by atoms with Gasteiger partial charge in [-0.2, -0.15) is 0 Å². The maximum Gasteiger partial charge on any atom is 0.306 e. The number of carbonyl (C=O) groups excluding carboxylic acids is 1. The number of hydrogen-bond donors (Lipinski definition) is 3. The molecule has 3 N–H and O–H groups in total. The topological polar surface area (TPSA) is 99.3 Å². The van der Waals surface area contributed by atoms with Crippen molar-refractivity contribution in [2.24, 2.45) is 5.92 Å². The molecular formula is C13H18N2O4. The zero-order chi connectivity index (χ0) is 14.6. The minimum atomic E-state index is -0.904. The lowest BCUT2D eigenvalue weighted by atomic mass is 10.1. The third-order valence-corrected chi connectivity index (χ3v) is 2.88. The van der Waals surface area contributed by atoms with Crippen molar-refractivity contribution < 1.29 is 14.7 Å². The summed E-state index contributed by atoms with van der Waals surface area (Å²) in [6.07, 6.45) is 0.323. The number of aromatic amines is 1. The number of aryl methyl sites for hydroxylation is 2. The number of aliphatic carboxylic acids is 1. The SMILES string of the molecule is Cc1cc(C)c(C(=O)NCCC(C)C(=O)O)c(=O)[nH]1. The minimum Gasteiger partial charge on any atom is -0.481 e. The molecule has 1 rings (SSSR count). The molecule has 0 aliphatic heterocycles. The van der Waals surface area contributed by atoms with Crippen LogP contribution in [0, 0.1) is 19.8 Å². The van der Waals surface area contributed by atoms with E-state index in [2.05, 4.69) is 10.3 Å². The Morgan fingerprint density at radius 1 is 1.42 bits per heavy atom. The van der Waals surface area contributed by atoms with Crippen LogP contribution < -0.4 is 10.9 Å². The molecule has 0 aliphatic rings. The number of H-pyrrole nitrogens is 1. The van der Waals surface area contributed by atoms with Crippen molar-refractivity contribution in [1.29, 1.82) is 0 Å². The lowest BCUT2D eigenvalue weighted by molar-refractivity contribution is -0.141. The van der Waals surface area contributed by atoms with Gasteiger partial charge in [0.25, 0.3) is 11.5 Å². The Kier molecular flexibility index (Phi) is 4.86. The van der Waals surface area contributed by atoms with Crippen LogP contribution in [0.2, 0.25) is 0 Å². The maximum atomic E-state index is 11.9. The lowest BCUT2D eigenvalue weighted by Gasteiger charge is -2.09. The van der Waals surface area contributed by atoms with Crippen molar-refractivity contribution in [3.63, 3.8) is 0 Å². The molecule has 0 radical (unpaired) electrons. The highest BCUT2D eigenvalue weighted by molar-refractivity contribution is 5.95. The van der Waals surface area contributed by atoms with Crippen molar-refractivity contribution in [2.45, 2.75) is 27.2 Å². The summed E-state index contributed by atoms with van der Waals surface area (Å²) in [5.74, 6) is -1.91. The summed E-state index contributed by atoms with van der Waals surface area (Å²) >= 11 is 0. The molecule has 0 fully saturated rings. The number of amides is 1. The molecule has 0 saturated heterocycles. The average molecular weight is 266 g/mol. The van der Waals surface area contributed by atoms with E-state index in [1.807, 2.05) is 0 Å². The van der Waals surface area contributed by atoms with E-state index in [1.54, 1.807) is 26.8 Å². The number of carboxylic acids is 1. The van der Waals surface area contributed by atoms with Crippen molar-refractivity contribution in [3.05, 3.63) is 33.2 Å². The first kappa shape index (κ1) is 14.9. The van der Waals surface area contributed by atoms with Gasteiger partial charge in [-0.3, -0.25) is 14.4 Å². The molecule has 6 nitrogen and oxygen atoms in total. The maximum absolute atomic E-state index is 11.9. The van der Waals surface area contributed by atoms with Crippen molar-refractivity contribution >= 4 is 11.9 Å². The quantitative estimate of drug-likeness (QED) is 0.735. The van der Waals surface area contributed by atoms with Crippen LogP contribution in [0.5, 0.6) is 0 Å². The summed E-state index contributed by atoms with van der Waals surface area (Å²) in [5, 5.41) is 11.3. The predicted molar refractivity (Wildman–Crippen MR) is 70.3 cm³/mol. The van der Waals surface area contributed by atoms with Gasteiger partial charge in [0.1, 0.15) is 5.56 Å². The van der Waals surface area contributed by atoms with E-state index < -0.39 is 23.4 Å². The van der Waals surface area contributed by atoms with Crippen molar-refractivity contribution in [1.82, 2.24) is 10.3 Å². The fourth-order valence-corrected chi connectivity index (χ4v) is 1.75. The summed E-state index contributed by atoms with van der Waals surface area (Å²) in [6, 6.07) is 1.72. The highest BCUT2D eigenvalue weighted by Gasteiger charge is 2.15. The third kappa shape index (κ3) is 3.94. The monoisotopic (exact) mass is 266 g/mol. The fourth-order valence-electron chi connectivity index (χ4n) is 1.75. The lowest BCUT2D eigenvalue weighted by Crippen LogP contribution is -2.32. The van der Waals surface area contributed by atoms with Crippen LogP contribution in [0.25, 0.3) is 0 Å². The first-order chi connectivity index (χ1) is 8.82. The van der Waals surface area contributed by atoms with E-state index in [-0.39, 0.29) is 12.1 Å². The van der Waals surface area contributed by atoms with Crippen LogP contribution in [-0.4, -0.2) is 28.5 Å². The van der Waals surface area contributed by atoms with Crippen LogP contribution in [-0.2, 0) is 4.79 Å². The summed E-state index contributed by atoms with van der Waals surface area (Å²) < 4.78 is 0. The van der Waals surface area contributed by atoms with Gasteiger partial charge in [0, 0.05) is 12.2 Å². The summed E-state index contributed by atoms with van der Waals surface area (Å²) in [5.41, 5.74) is 0.943. The second kappa shape index (κ2) is 6.17. The number of pyridine rings is 1. The van der Waals surface area contributed by atoms with E-state index in [9.17, 15) is 14.4 Å². The molecule has 104 valence electrons. The van der Waals surface area contributed by atoms with Gasteiger partial charge in [-0.05, 0) is 31.9 Å². The number of carbonyl (C=O) groups is 2. The minimum absolute atomic E-state index is 0.0774. The van der Waals surface area contributed by atoms with E-state index >= 15 is 0 Å². The molecule has 1 atom stereocenters. The number of nitrogens with one attached hydrogen (secondary N) is 2. The van der Waals surface area contributed by atoms with Gasteiger partial charge in [0.15, 0.2) is 0 Å². The second-order valence-corrected chi connectivity index (χ2v) is 4.62. The molecule has 0 bridgehead atoms. The van der Waals surface area contributed by atoms with E-state index in [1.165, 1.54) is 0 Å². The normalized spacial score (nSPS) is 11.9. The molecule has 0 spiro atoms.